The molecule has 3 aromatic carbocycles. The average molecular weight is 532 g/mol. The van der Waals surface area contributed by atoms with Crippen LogP contribution in [0.2, 0.25) is 5.02 Å². The van der Waals surface area contributed by atoms with Crippen LogP contribution in [0.1, 0.15) is 25.8 Å². The van der Waals surface area contributed by atoms with Gasteiger partial charge in [-0.05, 0) is 61.9 Å². The van der Waals surface area contributed by atoms with E-state index in [4.69, 9.17) is 35.2 Å². The fraction of sp³-hybridized carbons (Fsp3) is 0.207. The highest BCUT2D eigenvalue weighted by molar-refractivity contribution is 6.31. The molecular formula is C29H26ClN3O5. The van der Waals surface area contributed by atoms with Gasteiger partial charge in [-0.2, -0.15) is 9.78 Å². The van der Waals surface area contributed by atoms with Crippen molar-refractivity contribution in [3.8, 4) is 28.8 Å². The summed E-state index contributed by atoms with van der Waals surface area (Å²) in [6, 6.07) is 17.7. The Kier molecular flexibility index (Phi) is 7.07. The molecule has 0 amide bonds. The van der Waals surface area contributed by atoms with Gasteiger partial charge in [0.2, 0.25) is 11.6 Å². The van der Waals surface area contributed by atoms with Crippen LogP contribution in [0, 0.1) is 0 Å². The molecule has 8 nitrogen and oxygen atoms in total. The van der Waals surface area contributed by atoms with E-state index in [1.165, 1.54) is 4.68 Å². The molecule has 38 heavy (non-hydrogen) atoms. The Morgan fingerprint density at radius 1 is 1.08 bits per heavy atom. The Morgan fingerprint density at radius 2 is 1.82 bits per heavy atom. The third kappa shape index (κ3) is 4.82. The van der Waals surface area contributed by atoms with Gasteiger partial charge in [-0.25, -0.2) is 4.98 Å². The molecule has 0 aliphatic rings. The number of hydrogen-bond acceptors (Lipinski definition) is 7. The Hall–Kier alpha value is -4.30. The molecule has 0 saturated carbocycles. The lowest BCUT2D eigenvalue weighted by Gasteiger charge is -2.18. The van der Waals surface area contributed by atoms with Gasteiger partial charge in [0.05, 0.1) is 37.4 Å². The number of benzene rings is 3. The van der Waals surface area contributed by atoms with Crippen molar-refractivity contribution in [2.45, 2.75) is 26.4 Å². The Labute approximate surface area is 224 Å². The Balaban J connectivity index is 1.65. The van der Waals surface area contributed by atoms with Gasteiger partial charge in [0.15, 0.2) is 17.3 Å². The number of hydrogen-bond donors (Lipinski definition) is 0. The van der Waals surface area contributed by atoms with E-state index in [-0.39, 0.29) is 17.5 Å². The lowest BCUT2D eigenvalue weighted by molar-refractivity contribution is 0.198. The topological polar surface area (TPSA) is 88.1 Å². The number of halogens is 1. The number of ether oxygens (including phenoxy) is 3. The van der Waals surface area contributed by atoms with Crippen LogP contribution in [-0.2, 0) is 0 Å². The third-order valence-corrected chi connectivity index (χ3v) is 6.39. The summed E-state index contributed by atoms with van der Waals surface area (Å²) in [6.07, 6.45) is 2.34. The number of methoxy groups -OCH3 is 2. The highest BCUT2D eigenvalue weighted by atomic mass is 35.5. The molecule has 0 aliphatic carbocycles. The van der Waals surface area contributed by atoms with Crippen LogP contribution in [0.25, 0.3) is 33.5 Å². The molecule has 2 aromatic heterocycles. The smallest absolute Gasteiger partial charge is 0.282 e. The molecule has 0 fully saturated rings. The summed E-state index contributed by atoms with van der Waals surface area (Å²) >= 11 is 6.16. The zero-order chi connectivity index (χ0) is 26.8. The monoisotopic (exact) mass is 531 g/mol. The minimum absolute atomic E-state index is 0.0270. The second-order valence-electron chi connectivity index (χ2n) is 8.70. The highest BCUT2D eigenvalue weighted by Crippen LogP contribution is 2.39. The summed E-state index contributed by atoms with van der Waals surface area (Å²) < 4.78 is 24.4. The van der Waals surface area contributed by atoms with E-state index < -0.39 is 0 Å². The molecule has 194 valence electrons. The van der Waals surface area contributed by atoms with Gasteiger partial charge in [-0.15, -0.1) is 0 Å². The van der Waals surface area contributed by atoms with E-state index in [0.717, 1.165) is 11.8 Å². The number of aromatic nitrogens is 2. The minimum atomic E-state index is -0.337. The van der Waals surface area contributed by atoms with Crippen molar-refractivity contribution in [2.24, 2.45) is 5.10 Å². The lowest BCUT2D eigenvalue weighted by Crippen LogP contribution is -2.20. The van der Waals surface area contributed by atoms with Gasteiger partial charge in [0, 0.05) is 16.0 Å². The number of rotatable bonds is 8. The fourth-order valence-corrected chi connectivity index (χ4v) is 4.20. The van der Waals surface area contributed by atoms with Crippen molar-refractivity contribution in [3.63, 3.8) is 0 Å². The number of para-hydroxylation sites is 1. The van der Waals surface area contributed by atoms with Crippen molar-refractivity contribution in [3.05, 3.63) is 81.6 Å². The average Bonchev–Trinajstić information content (AvgIpc) is 3.35. The van der Waals surface area contributed by atoms with E-state index in [2.05, 4.69) is 5.10 Å². The first-order valence-corrected chi connectivity index (χ1v) is 12.5. The molecule has 2 heterocycles. The maximum absolute atomic E-state index is 13.5. The number of nitrogens with zero attached hydrogens (tertiary/aromatic N) is 3. The van der Waals surface area contributed by atoms with Crippen LogP contribution in [-0.4, -0.2) is 36.2 Å². The van der Waals surface area contributed by atoms with E-state index in [1.807, 2.05) is 19.9 Å². The number of furan rings is 1. The van der Waals surface area contributed by atoms with Gasteiger partial charge >= 0.3 is 0 Å². The van der Waals surface area contributed by atoms with Crippen molar-refractivity contribution in [1.82, 2.24) is 9.66 Å². The molecule has 5 rings (SSSR count). The van der Waals surface area contributed by atoms with Crippen molar-refractivity contribution >= 4 is 39.7 Å². The maximum Gasteiger partial charge on any atom is 0.282 e. The van der Waals surface area contributed by atoms with Gasteiger partial charge in [0.25, 0.3) is 5.56 Å². The van der Waals surface area contributed by atoms with Crippen LogP contribution in [0.4, 0.5) is 0 Å². The first-order chi connectivity index (χ1) is 18.4. The molecule has 0 radical (unpaired) electrons. The van der Waals surface area contributed by atoms with Crippen LogP contribution < -0.4 is 19.8 Å². The zero-order valence-electron chi connectivity index (χ0n) is 21.4. The van der Waals surface area contributed by atoms with Crippen molar-refractivity contribution in [1.29, 1.82) is 0 Å². The van der Waals surface area contributed by atoms with E-state index >= 15 is 0 Å². The van der Waals surface area contributed by atoms with E-state index in [0.29, 0.717) is 50.1 Å². The van der Waals surface area contributed by atoms with Crippen LogP contribution in [0.3, 0.4) is 0 Å². The molecule has 5 aromatic rings. The second kappa shape index (κ2) is 10.6. The SMILES string of the molecule is CC[C@H](C)Oc1c(OC)cc(C=Nn2c(-c3cc4cc(Cl)ccc4o3)nc3ccccc3c2=O)cc1OC. The summed E-state index contributed by atoms with van der Waals surface area (Å²) in [5.74, 6) is 2.13. The summed E-state index contributed by atoms with van der Waals surface area (Å²) in [5, 5.41) is 6.32. The largest absolute Gasteiger partial charge is 0.493 e. The second-order valence-corrected chi connectivity index (χ2v) is 9.13. The molecule has 1 atom stereocenters. The quantitative estimate of drug-likeness (QED) is 0.211. The van der Waals surface area contributed by atoms with Gasteiger partial charge in [-0.1, -0.05) is 30.7 Å². The molecule has 0 unspecified atom stereocenters. The van der Waals surface area contributed by atoms with E-state index in [1.54, 1.807) is 75.0 Å². The van der Waals surface area contributed by atoms with Gasteiger partial charge in [-0.3, -0.25) is 4.79 Å². The van der Waals surface area contributed by atoms with E-state index in [9.17, 15) is 4.79 Å². The first-order valence-electron chi connectivity index (χ1n) is 12.1. The first kappa shape index (κ1) is 25.4. The minimum Gasteiger partial charge on any atom is -0.493 e. The maximum atomic E-state index is 13.5. The molecular weight excluding hydrogens is 506 g/mol. The van der Waals surface area contributed by atoms with Crippen molar-refractivity contribution < 1.29 is 18.6 Å². The number of fused-ring (bicyclic) bond motifs is 2. The van der Waals surface area contributed by atoms with Crippen LogP contribution in [0.15, 0.2) is 75.0 Å². The van der Waals surface area contributed by atoms with Gasteiger partial charge in [0.1, 0.15) is 5.58 Å². The predicted molar refractivity (Wildman–Crippen MR) is 149 cm³/mol. The molecule has 9 heteroatoms. The summed E-state index contributed by atoms with van der Waals surface area (Å²) in [5.41, 5.74) is 1.45. The molecule has 0 aliphatic heterocycles. The van der Waals surface area contributed by atoms with Crippen molar-refractivity contribution in [2.75, 3.05) is 14.2 Å². The fourth-order valence-electron chi connectivity index (χ4n) is 4.01. The third-order valence-electron chi connectivity index (χ3n) is 6.15. The zero-order valence-corrected chi connectivity index (χ0v) is 22.2. The molecule has 0 N–H and O–H groups in total. The predicted octanol–water partition coefficient (Wildman–Crippen LogP) is 6.54. The Bertz CT molecular complexity index is 1700. The van der Waals surface area contributed by atoms with Gasteiger partial charge < -0.3 is 18.6 Å². The summed E-state index contributed by atoms with van der Waals surface area (Å²) in [4.78, 5) is 18.3. The Morgan fingerprint density at radius 3 is 2.53 bits per heavy atom. The highest BCUT2D eigenvalue weighted by Gasteiger charge is 2.18. The molecule has 0 bridgehead atoms. The summed E-state index contributed by atoms with van der Waals surface area (Å²) in [7, 11) is 3.12. The standard InChI is InChI=1S/C29H26ClN3O5/c1-5-17(2)37-27-24(35-3)12-18(13-25(27)36-4)16-31-33-28(32-22-9-7-6-8-21(22)29(33)34)26-15-19-14-20(30)10-11-23(19)38-26/h6-17H,5H2,1-4H3/t17-/m0/s1. The normalized spacial score (nSPS) is 12.3. The molecule has 0 spiro atoms. The summed E-state index contributed by atoms with van der Waals surface area (Å²) in [6.45, 7) is 4.01. The lowest BCUT2D eigenvalue weighted by atomic mass is 10.2. The van der Waals surface area contributed by atoms with Crippen LogP contribution >= 0.6 is 11.6 Å². The van der Waals surface area contributed by atoms with Crippen LogP contribution in [0.5, 0.6) is 17.2 Å². The molecule has 0 saturated heterocycles.